The molecule has 1 aliphatic rings. The molecule has 2 aromatic rings. The van der Waals surface area contributed by atoms with Crippen molar-refractivity contribution in [2.75, 3.05) is 18.4 Å². The summed E-state index contributed by atoms with van der Waals surface area (Å²) in [4.78, 5) is 16.6. The lowest BCUT2D eigenvalue weighted by molar-refractivity contribution is -0.116. The molecule has 3 N–H and O–H groups in total. The van der Waals surface area contributed by atoms with Gasteiger partial charge >= 0.3 is 0 Å². The Bertz CT molecular complexity index is 816. The number of halogens is 1. The zero-order valence-corrected chi connectivity index (χ0v) is 18.3. The van der Waals surface area contributed by atoms with Crippen LogP contribution in [0.1, 0.15) is 41.9 Å². The third kappa shape index (κ3) is 5.47. The van der Waals surface area contributed by atoms with E-state index in [-0.39, 0.29) is 35.8 Å². The first kappa shape index (κ1) is 21.3. The molecule has 0 spiro atoms. The Labute approximate surface area is 177 Å². The molecule has 0 aliphatic carbocycles. The number of nitrogens with zero attached hydrogens (tertiary/aromatic N) is 1. The summed E-state index contributed by atoms with van der Waals surface area (Å²) in [5, 5.41) is 9.57. The van der Waals surface area contributed by atoms with Crippen molar-refractivity contribution in [2.45, 2.75) is 39.7 Å². The van der Waals surface area contributed by atoms with Gasteiger partial charge in [-0.3, -0.25) is 4.79 Å². The van der Waals surface area contributed by atoms with Gasteiger partial charge < -0.3 is 20.4 Å². The molecule has 0 bridgehead atoms. The average molecular weight is 482 g/mol. The molecule has 2 heterocycles. The summed E-state index contributed by atoms with van der Waals surface area (Å²) in [5.74, 6) is 2.73. The molecule has 6 nitrogen and oxygen atoms in total. The number of hydrogen-bond donors (Lipinski definition) is 3. The minimum absolute atomic E-state index is 0. The van der Waals surface area contributed by atoms with Crippen LogP contribution in [0, 0.1) is 13.8 Å². The zero-order chi connectivity index (χ0) is 18.5. The lowest BCUT2D eigenvalue weighted by atomic mass is 9.90. The van der Waals surface area contributed by atoms with Crippen molar-refractivity contribution < 1.29 is 9.21 Å². The van der Waals surface area contributed by atoms with E-state index in [4.69, 9.17) is 4.42 Å². The first-order valence-electron chi connectivity index (χ1n) is 9.03. The maximum absolute atomic E-state index is 12.0. The molecule has 1 aliphatic heterocycles. The van der Waals surface area contributed by atoms with E-state index in [0.29, 0.717) is 19.5 Å². The summed E-state index contributed by atoms with van der Waals surface area (Å²) >= 11 is 0. The molecule has 1 unspecified atom stereocenters. The number of carbonyl (C=O) groups is 1. The topological polar surface area (TPSA) is 78.7 Å². The number of fused-ring (bicyclic) bond motifs is 1. The lowest BCUT2D eigenvalue weighted by Crippen LogP contribution is -2.40. The Morgan fingerprint density at radius 3 is 2.78 bits per heavy atom. The molecule has 1 amide bonds. The van der Waals surface area contributed by atoms with E-state index in [9.17, 15) is 4.79 Å². The second kappa shape index (κ2) is 9.77. The van der Waals surface area contributed by atoms with E-state index >= 15 is 0 Å². The fourth-order valence-electron chi connectivity index (χ4n) is 3.25. The van der Waals surface area contributed by atoms with Gasteiger partial charge in [-0.05, 0) is 38.5 Å². The van der Waals surface area contributed by atoms with Gasteiger partial charge in [-0.1, -0.05) is 18.2 Å². The number of aryl methyl sites for hydroxylation is 2. The second-order valence-corrected chi connectivity index (χ2v) is 6.55. The van der Waals surface area contributed by atoms with Crippen LogP contribution in [-0.2, 0) is 11.3 Å². The third-order valence-corrected chi connectivity index (χ3v) is 4.52. The summed E-state index contributed by atoms with van der Waals surface area (Å²) in [6.45, 7) is 7.91. The largest absolute Gasteiger partial charge is 0.466 e. The molecule has 27 heavy (non-hydrogen) atoms. The Morgan fingerprint density at radius 1 is 1.30 bits per heavy atom. The van der Waals surface area contributed by atoms with Gasteiger partial charge in [0.2, 0.25) is 5.91 Å². The summed E-state index contributed by atoms with van der Waals surface area (Å²) in [5.41, 5.74) is 3.15. The molecule has 0 radical (unpaired) electrons. The maximum Gasteiger partial charge on any atom is 0.225 e. The van der Waals surface area contributed by atoms with E-state index < -0.39 is 0 Å². The van der Waals surface area contributed by atoms with Crippen molar-refractivity contribution in [3.05, 3.63) is 53.0 Å². The van der Waals surface area contributed by atoms with Gasteiger partial charge in [0.05, 0.1) is 6.54 Å². The number of furan rings is 1. The van der Waals surface area contributed by atoms with Crippen LogP contribution in [-0.4, -0.2) is 25.0 Å². The SMILES string of the molecule is CCNC(=NCc1cc(C)oc1C)NCC1CC(=O)Nc2ccccc21.I. The normalized spacial score (nSPS) is 16.2. The van der Waals surface area contributed by atoms with Crippen molar-refractivity contribution in [3.8, 4) is 0 Å². The predicted molar refractivity (Wildman–Crippen MR) is 119 cm³/mol. The fourth-order valence-corrected chi connectivity index (χ4v) is 3.25. The summed E-state index contributed by atoms with van der Waals surface area (Å²) in [6.07, 6.45) is 0.476. The van der Waals surface area contributed by atoms with Crippen LogP contribution in [0.25, 0.3) is 0 Å². The van der Waals surface area contributed by atoms with Gasteiger partial charge in [0.15, 0.2) is 5.96 Å². The minimum atomic E-state index is 0. The molecule has 1 aromatic heterocycles. The van der Waals surface area contributed by atoms with Gasteiger partial charge in [0.1, 0.15) is 11.5 Å². The predicted octanol–water partition coefficient (Wildman–Crippen LogP) is 3.70. The van der Waals surface area contributed by atoms with Crippen molar-refractivity contribution in [3.63, 3.8) is 0 Å². The van der Waals surface area contributed by atoms with E-state index in [1.54, 1.807) is 0 Å². The quantitative estimate of drug-likeness (QED) is 0.345. The molecule has 0 fully saturated rings. The first-order valence-corrected chi connectivity index (χ1v) is 9.03. The van der Waals surface area contributed by atoms with Crippen molar-refractivity contribution in [1.29, 1.82) is 0 Å². The van der Waals surface area contributed by atoms with Crippen molar-refractivity contribution in [2.24, 2.45) is 4.99 Å². The Kier molecular flexibility index (Phi) is 7.70. The second-order valence-electron chi connectivity index (χ2n) is 6.55. The minimum Gasteiger partial charge on any atom is -0.466 e. The van der Waals surface area contributed by atoms with Gasteiger partial charge in [0, 0.05) is 36.7 Å². The number of guanidine groups is 1. The number of amides is 1. The van der Waals surface area contributed by atoms with Gasteiger partial charge in [-0.15, -0.1) is 24.0 Å². The van der Waals surface area contributed by atoms with E-state index in [0.717, 1.165) is 40.8 Å². The highest BCUT2D eigenvalue weighted by Gasteiger charge is 2.24. The van der Waals surface area contributed by atoms with Gasteiger partial charge in [0.25, 0.3) is 0 Å². The smallest absolute Gasteiger partial charge is 0.225 e. The van der Waals surface area contributed by atoms with Crippen LogP contribution in [0.3, 0.4) is 0 Å². The summed E-state index contributed by atoms with van der Waals surface area (Å²) in [7, 11) is 0. The Balaban J connectivity index is 0.00000261. The number of anilines is 1. The van der Waals surface area contributed by atoms with Crippen LogP contribution in [0.2, 0.25) is 0 Å². The Hall–Kier alpha value is -2.03. The van der Waals surface area contributed by atoms with Crippen molar-refractivity contribution >= 4 is 41.5 Å². The van der Waals surface area contributed by atoms with Crippen LogP contribution >= 0.6 is 24.0 Å². The maximum atomic E-state index is 12.0. The third-order valence-electron chi connectivity index (χ3n) is 4.52. The number of carbonyl (C=O) groups excluding carboxylic acids is 1. The molecular formula is C20H27IN4O2. The molecular weight excluding hydrogens is 455 g/mol. The number of aliphatic imine (C=N–C) groups is 1. The molecule has 0 saturated carbocycles. The monoisotopic (exact) mass is 482 g/mol. The molecule has 0 saturated heterocycles. The van der Waals surface area contributed by atoms with E-state index in [2.05, 4.69) is 27.0 Å². The van der Waals surface area contributed by atoms with E-state index in [1.807, 2.05) is 45.0 Å². The highest BCUT2D eigenvalue weighted by atomic mass is 127. The molecule has 3 rings (SSSR count). The Morgan fingerprint density at radius 2 is 2.07 bits per heavy atom. The lowest BCUT2D eigenvalue weighted by Gasteiger charge is -2.26. The fraction of sp³-hybridized carbons (Fsp3) is 0.400. The highest BCUT2D eigenvalue weighted by molar-refractivity contribution is 14.0. The number of hydrogen-bond acceptors (Lipinski definition) is 3. The van der Waals surface area contributed by atoms with Crippen LogP contribution in [0.15, 0.2) is 39.7 Å². The van der Waals surface area contributed by atoms with E-state index in [1.165, 1.54) is 0 Å². The van der Waals surface area contributed by atoms with Crippen LogP contribution in [0.4, 0.5) is 5.69 Å². The molecule has 1 aromatic carbocycles. The highest BCUT2D eigenvalue weighted by Crippen LogP contribution is 2.31. The summed E-state index contributed by atoms with van der Waals surface area (Å²) < 4.78 is 5.56. The number of rotatable bonds is 5. The molecule has 146 valence electrons. The number of para-hydroxylation sites is 1. The standard InChI is InChI=1S/C20H26N4O2.HI/c1-4-21-20(22-11-15-9-13(2)26-14(15)3)23-12-16-10-19(25)24-18-8-6-5-7-17(16)18;/h5-9,16H,4,10-12H2,1-3H3,(H,24,25)(H2,21,22,23);1H. The van der Waals surface area contributed by atoms with Crippen molar-refractivity contribution in [1.82, 2.24) is 10.6 Å². The summed E-state index contributed by atoms with van der Waals surface area (Å²) in [6, 6.07) is 9.98. The number of benzene rings is 1. The number of nitrogens with one attached hydrogen (secondary N) is 3. The average Bonchev–Trinajstić information content (AvgIpc) is 2.94. The zero-order valence-electron chi connectivity index (χ0n) is 16.0. The molecule has 1 atom stereocenters. The molecule has 7 heteroatoms. The van der Waals surface area contributed by atoms with Crippen LogP contribution in [0.5, 0.6) is 0 Å². The van der Waals surface area contributed by atoms with Gasteiger partial charge in [-0.2, -0.15) is 0 Å². The first-order chi connectivity index (χ1) is 12.6. The van der Waals surface area contributed by atoms with Crippen LogP contribution < -0.4 is 16.0 Å². The van der Waals surface area contributed by atoms with Gasteiger partial charge in [-0.25, -0.2) is 4.99 Å².